The number of nitrogens with one attached hydrogen (secondary N) is 1. The predicted octanol–water partition coefficient (Wildman–Crippen LogP) is 3.33. The van der Waals surface area contributed by atoms with Crippen molar-refractivity contribution in [1.82, 2.24) is 9.80 Å². The van der Waals surface area contributed by atoms with Crippen LogP contribution in [-0.4, -0.2) is 61.0 Å². The maximum atomic E-state index is 12.5. The number of halogens is 1. The van der Waals surface area contributed by atoms with Crippen LogP contribution >= 0.6 is 22.9 Å². The molecule has 0 atom stereocenters. The third-order valence-electron chi connectivity index (χ3n) is 4.54. The van der Waals surface area contributed by atoms with E-state index in [1.807, 2.05) is 6.07 Å². The van der Waals surface area contributed by atoms with Crippen LogP contribution in [0.4, 0.5) is 5.69 Å². The molecule has 1 saturated heterocycles. The molecule has 8 heteroatoms. The second kappa shape index (κ2) is 10.0. The minimum atomic E-state index is -0.430. The predicted molar refractivity (Wildman–Crippen MR) is 112 cm³/mol. The molecule has 0 aliphatic carbocycles. The topological polar surface area (TPSA) is 61.9 Å². The number of nitrogens with zero attached hydrogens (tertiary/aromatic N) is 2. The molecule has 3 rings (SSSR count). The summed E-state index contributed by atoms with van der Waals surface area (Å²) >= 11 is 7.60. The van der Waals surface area contributed by atoms with Crippen LogP contribution in [0, 0.1) is 0 Å². The van der Waals surface area contributed by atoms with Crippen molar-refractivity contribution >= 4 is 40.5 Å². The van der Waals surface area contributed by atoms with Crippen LogP contribution in [0.25, 0.3) is 0 Å². The number of rotatable bonds is 7. The highest BCUT2D eigenvalue weighted by Crippen LogP contribution is 2.23. The van der Waals surface area contributed by atoms with Crippen LogP contribution in [0.3, 0.4) is 0 Å². The summed E-state index contributed by atoms with van der Waals surface area (Å²) in [5.41, 5.74) is 0.858. The minimum Gasteiger partial charge on any atom is -0.462 e. The van der Waals surface area contributed by atoms with Gasteiger partial charge in [0.15, 0.2) is 0 Å². The number of para-hydroxylation sites is 1. The second-order valence-corrected chi connectivity index (χ2v) is 8.37. The van der Waals surface area contributed by atoms with Crippen molar-refractivity contribution in [2.75, 3.05) is 44.6 Å². The highest BCUT2D eigenvalue weighted by atomic mass is 35.5. The Bertz CT molecular complexity index is 819. The number of hydrogen-bond donors (Lipinski definition) is 1. The molecule has 1 aromatic heterocycles. The van der Waals surface area contributed by atoms with Gasteiger partial charge in [-0.05, 0) is 31.2 Å². The highest BCUT2D eigenvalue weighted by molar-refractivity contribution is 7.16. The number of piperazine rings is 1. The van der Waals surface area contributed by atoms with Crippen LogP contribution < -0.4 is 5.32 Å². The lowest BCUT2D eigenvalue weighted by Crippen LogP contribution is -2.48. The molecular formula is C20H24ClN3O3S. The normalized spacial score (nSPS) is 15.4. The quantitative estimate of drug-likeness (QED) is 0.695. The molecule has 1 aliphatic heterocycles. The van der Waals surface area contributed by atoms with Crippen LogP contribution in [0.5, 0.6) is 0 Å². The standard InChI is InChI=1S/C20H24ClN3O3S/c1-2-27-20(26)16-5-3-4-6-17(16)22-19(25)14-24-11-9-23(10-12-24)13-15-7-8-18(21)28-15/h3-8H,2,9-14H2,1H3,(H,22,25). The van der Waals surface area contributed by atoms with Gasteiger partial charge in [-0.3, -0.25) is 14.6 Å². The van der Waals surface area contributed by atoms with Gasteiger partial charge in [0, 0.05) is 37.6 Å². The molecule has 0 saturated carbocycles. The molecule has 1 aliphatic rings. The Morgan fingerprint density at radius 2 is 1.82 bits per heavy atom. The van der Waals surface area contributed by atoms with Crippen LogP contribution in [0.15, 0.2) is 36.4 Å². The average molecular weight is 422 g/mol. The second-order valence-electron chi connectivity index (χ2n) is 6.57. The first-order chi connectivity index (χ1) is 13.5. The van der Waals surface area contributed by atoms with Crippen LogP contribution in [0.1, 0.15) is 22.2 Å². The summed E-state index contributed by atoms with van der Waals surface area (Å²) in [6, 6.07) is 10.9. The van der Waals surface area contributed by atoms with Gasteiger partial charge >= 0.3 is 5.97 Å². The Kier molecular flexibility index (Phi) is 7.44. The third-order valence-corrected chi connectivity index (χ3v) is 5.75. The van der Waals surface area contributed by atoms with Crippen molar-refractivity contribution in [3.05, 3.63) is 51.2 Å². The number of carbonyl (C=O) groups excluding carboxylic acids is 2. The Balaban J connectivity index is 1.48. The van der Waals surface area contributed by atoms with E-state index in [2.05, 4.69) is 21.2 Å². The summed E-state index contributed by atoms with van der Waals surface area (Å²) in [4.78, 5) is 30.2. The molecule has 0 radical (unpaired) electrons. The first-order valence-electron chi connectivity index (χ1n) is 9.30. The van der Waals surface area contributed by atoms with E-state index in [1.165, 1.54) is 4.88 Å². The molecule has 2 heterocycles. The van der Waals surface area contributed by atoms with Gasteiger partial charge in [-0.15, -0.1) is 11.3 Å². The Labute approximate surface area is 174 Å². The summed E-state index contributed by atoms with van der Waals surface area (Å²) < 4.78 is 5.86. The first kappa shape index (κ1) is 20.8. The van der Waals surface area contributed by atoms with E-state index in [0.29, 0.717) is 24.4 Å². The number of anilines is 1. The van der Waals surface area contributed by atoms with Gasteiger partial charge < -0.3 is 10.1 Å². The zero-order valence-corrected chi connectivity index (χ0v) is 17.4. The number of amides is 1. The Morgan fingerprint density at radius 1 is 1.11 bits per heavy atom. The number of ether oxygens (including phenoxy) is 1. The minimum absolute atomic E-state index is 0.129. The fraction of sp³-hybridized carbons (Fsp3) is 0.400. The lowest BCUT2D eigenvalue weighted by Gasteiger charge is -2.34. The van der Waals surface area contributed by atoms with E-state index >= 15 is 0 Å². The van der Waals surface area contributed by atoms with E-state index < -0.39 is 5.97 Å². The molecule has 1 aromatic carbocycles. The van der Waals surface area contributed by atoms with Crippen molar-refractivity contribution in [3.8, 4) is 0 Å². The van der Waals surface area contributed by atoms with Crippen molar-refractivity contribution in [3.63, 3.8) is 0 Å². The molecule has 1 amide bonds. The van der Waals surface area contributed by atoms with Gasteiger partial charge in [-0.2, -0.15) is 0 Å². The first-order valence-corrected chi connectivity index (χ1v) is 10.5. The fourth-order valence-corrected chi connectivity index (χ4v) is 4.26. The molecule has 0 spiro atoms. The molecule has 150 valence electrons. The summed E-state index contributed by atoms with van der Waals surface area (Å²) in [7, 11) is 0. The van der Waals surface area contributed by atoms with Crippen LogP contribution in [-0.2, 0) is 16.1 Å². The molecule has 0 unspecified atom stereocenters. The Hall–Kier alpha value is -1.93. The van der Waals surface area contributed by atoms with Gasteiger partial charge in [-0.1, -0.05) is 23.7 Å². The summed E-state index contributed by atoms with van der Waals surface area (Å²) in [6.45, 7) is 6.71. The van der Waals surface area contributed by atoms with Crippen molar-refractivity contribution in [2.45, 2.75) is 13.5 Å². The van der Waals surface area contributed by atoms with E-state index in [0.717, 1.165) is 37.1 Å². The van der Waals surface area contributed by atoms with Gasteiger partial charge in [0.05, 0.1) is 28.7 Å². The number of thiophene rings is 1. The number of hydrogen-bond acceptors (Lipinski definition) is 6. The zero-order valence-electron chi connectivity index (χ0n) is 15.8. The van der Waals surface area contributed by atoms with Crippen LogP contribution in [0.2, 0.25) is 4.34 Å². The lowest BCUT2D eigenvalue weighted by atomic mass is 10.2. The average Bonchev–Trinajstić information content (AvgIpc) is 3.08. The fourth-order valence-electron chi connectivity index (χ4n) is 3.13. The maximum absolute atomic E-state index is 12.5. The SMILES string of the molecule is CCOC(=O)c1ccccc1NC(=O)CN1CCN(Cc2ccc(Cl)s2)CC1. The molecule has 1 fully saturated rings. The van der Waals surface area contributed by atoms with E-state index in [4.69, 9.17) is 16.3 Å². The zero-order chi connectivity index (χ0) is 19.9. The van der Waals surface area contributed by atoms with E-state index in [1.54, 1.807) is 42.5 Å². The highest BCUT2D eigenvalue weighted by Gasteiger charge is 2.20. The van der Waals surface area contributed by atoms with Gasteiger partial charge in [-0.25, -0.2) is 4.79 Å². The molecule has 2 aromatic rings. The summed E-state index contributed by atoms with van der Waals surface area (Å²) in [5, 5.41) is 2.84. The van der Waals surface area contributed by atoms with Gasteiger partial charge in [0.2, 0.25) is 5.91 Å². The number of carbonyl (C=O) groups is 2. The summed E-state index contributed by atoms with van der Waals surface area (Å²) in [6.07, 6.45) is 0. The Morgan fingerprint density at radius 3 is 2.50 bits per heavy atom. The number of esters is 1. The lowest BCUT2D eigenvalue weighted by molar-refractivity contribution is -0.117. The van der Waals surface area contributed by atoms with E-state index in [-0.39, 0.29) is 5.91 Å². The molecule has 6 nitrogen and oxygen atoms in total. The molecule has 1 N–H and O–H groups in total. The monoisotopic (exact) mass is 421 g/mol. The molecular weight excluding hydrogens is 398 g/mol. The molecule has 28 heavy (non-hydrogen) atoms. The largest absolute Gasteiger partial charge is 0.462 e. The van der Waals surface area contributed by atoms with Crippen molar-refractivity contribution < 1.29 is 14.3 Å². The van der Waals surface area contributed by atoms with Crippen molar-refractivity contribution in [2.24, 2.45) is 0 Å². The van der Waals surface area contributed by atoms with Gasteiger partial charge in [0.1, 0.15) is 0 Å². The third kappa shape index (κ3) is 5.78. The maximum Gasteiger partial charge on any atom is 0.340 e. The summed E-state index contributed by atoms with van der Waals surface area (Å²) in [5.74, 6) is -0.559. The van der Waals surface area contributed by atoms with Gasteiger partial charge in [0.25, 0.3) is 0 Å². The van der Waals surface area contributed by atoms with Crippen molar-refractivity contribution in [1.29, 1.82) is 0 Å². The number of benzene rings is 1. The van der Waals surface area contributed by atoms with E-state index in [9.17, 15) is 9.59 Å². The smallest absolute Gasteiger partial charge is 0.340 e. The molecule has 0 bridgehead atoms.